The topological polar surface area (TPSA) is 21.8 Å². The predicted octanol–water partition coefficient (Wildman–Crippen LogP) is 1.97. The molecule has 0 amide bonds. The molecule has 1 aromatic rings. The zero-order valence-electron chi connectivity index (χ0n) is 6.65. The SMILES string of the molecule is FOCC1CO1.c1ccccc1. The van der Waals surface area contributed by atoms with Crippen molar-refractivity contribution in [1.82, 2.24) is 0 Å². The van der Waals surface area contributed by atoms with Crippen molar-refractivity contribution < 1.29 is 14.2 Å². The molecule has 1 aliphatic rings. The zero-order chi connectivity index (χ0) is 8.65. The molecule has 1 atom stereocenters. The van der Waals surface area contributed by atoms with Crippen LogP contribution in [0.15, 0.2) is 36.4 Å². The van der Waals surface area contributed by atoms with Gasteiger partial charge in [-0.1, -0.05) is 36.4 Å². The fourth-order valence-electron chi connectivity index (χ4n) is 0.619. The lowest BCUT2D eigenvalue weighted by Gasteiger charge is -1.78. The largest absolute Gasteiger partial charge is 0.370 e. The molecule has 1 aliphatic heterocycles. The van der Waals surface area contributed by atoms with Gasteiger partial charge in [0.1, 0.15) is 12.7 Å². The Morgan fingerprint density at radius 1 is 1.17 bits per heavy atom. The molecule has 3 heteroatoms. The molecule has 1 aromatic carbocycles. The molecular formula is C9H11FO2. The lowest BCUT2D eigenvalue weighted by atomic mass is 10.4. The van der Waals surface area contributed by atoms with Crippen molar-refractivity contribution in [1.29, 1.82) is 0 Å². The highest BCUT2D eigenvalue weighted by molar-refractivity contribution is 4.99. The van der Waals surface area contributed by atoms with Crippen molar-refractivity contribution in [2.45, 2.75) is 6.10 Å². The summed E-state index contributed by atoms with van der Waals surface area (Å²) in [6.07, 6.45) is 0.0509. The van der Waals surface area contributed by atoms with Crippen LogP contribution in [0.3, 0.4) is 0 Å². The molecule has 0 aliphatic carbocycles. The molecule has 2 nitrogen and oxygen atoms in total. The summed E-state index contributed by atoms with van der Waals surface area (Å²) < 4.78 is 15.3. The standard InChI is InChI=1S/C6H6.C3H5FO2/c1-2-4-6-5-3-1;4-6-2-3-1-5-3/h1-6H;3H,1-2H2. The third kappa shape index (κ3) is 4.82. The van der Waals surface area contributed by atoms with Gasteiger partial charge in [0.2, 0.25) is 0 Å². The Kier molecular flexibility index (Phi) is 4.34. The van der Waals surface area contributed by atoms with Crippen molar-refractivity contribution in [2.24, 2.45) is 0 Å². The van der Waals surface area contributed by atoms with Crippen LogP contribution in [0.1, 0.15) is 0 Å². The van der Waals surface area contributed by atoms with Gasteiger partial charge in [0.15, 0.2) is 0 Å². The highest BCUT2D eigenvalue weighted by Crippen LogP contribution is 2.07. The quantitative estimate of drug-likeness (QED) is 0.633. The summed E-state index contributed by atoms with van der Waals surface area (Å²) in [4.78, 5) is 3.24. The third-order valence-corrected chi connectivity index (χ3v) is 1.32. The molecule has 0 N–H and O–H groups in total. The third-order valence-electron chi connectivity index (χ3n) is 1.32. The summed E-state index contributed by atoms with van der Waals surface area (Å²) in [5.41, 5.74) is 0. The molecular weight excluding hydrogens is 159 g/mol. The molecule has 0 radical (unpaired) electrons. The van der Waals surface area contributed by atoms with Crippen molar-refractivity contribution in [3.05, 3.63) is 36.4 Å². The van der Waals surface area contributed by atoms with Crippen LogP contribution in [-0.4, -0.2) is 19.3 Å². The Labute approximate surface area is 70.8 Å². The lowest BCUT2D eigenvalue weighted by molar-refractivity contribution is -0.136. The number of hydrogen-bond donors (Lipinski definition) is 0. The van der Waals surface area contributed by atoms with Crippen LogP contribution in [0.25, 0.3) is 0 Å². The van der Waals surface area contributed by atoms with Gasteiger partial charge in [-0.05, 0) is 4.53 Å². The van der Waals surface area contributed by atoms with E-state index in [1.165, 1.54) is 0 Å². The number of halogens is 1. The van der Waals surface area contributed by atoms with E-state index in [4.69, 9.17) is 0 Å². The van der Waals surface area contributed by atoms with Gasteiger partial charge >= 0.3 is 0 Å². The summed E-state index contributed by atoms with van der Waals surface area (Å²) in [6, 6.07) is 12.0. The van der Waals surface area contributed by atoms with Crippen molar-refractivity contribution in [3.8, 4) is 0 Å². The van der Waals surface area contributed by atoms with E-state index in [1.807, 2.05) is 36.4 Å². The first kappa shape index (κ1) is 9.16. The van der Waals surface area contributed by atoms with Crippen LogP contribution in [-0.2, 0) is 9.68 Å². The first-order chi connectivity index (χ1) is 5.93. The second-order valence-corrected chi connectivity index (χ2v) is 2.39. The normalized spacial score (nSPS) is 19.2. The van der Waals surface area contributed by atoms with E-state index in [9.17, 15) is 4.53 Å². The first-order valence-electron chi connectivity index (χ1n) is 3.78. The van der Waals surface area contributed by atoms with E-state index in [0.717, 1.165) is 0 Å². The van der Waals surface area contributed by atoms with E-state index in [1.54, 1.807) is 0 Å². The van der Waals surface area contributed by atoms with Crippen LogP contribution in [0, 0.1) is 0 Å². The van der Waals surface area contributed by atoms with Gasteiger partial charge in [0.25, 0.3) is 0 Å². The van der Waals surface area contributed by atoms with Gasteiger partial charge in [0.05, 0.1) is 6.61 Å². The Balaban J connectivity index is 0.000000120. The minimum atomic E-state index is 0.0509. The molecule has 1 unspecified atom stereocenters. The second kappa shape index (κ2) is 5.69. The number of benzene rings is 1. The van der Waals surface area contributed by atoms with Crippen LogP contribution in [0.5, 0.6) is 0 Å². The van der Waals surface area contributed by atoms with Gasteiger partial charge in [0, 0.05) is 0 Å². The summed E-state index contributed by atoms with van der Waals surface area (Å²) in [7, 11) is 0. The molecule has 0 aromatic heterocycles. The number of epoxide rings is 1. The highest BCUT2D eigenvalue weighted by atomic mass is 19.3. The molecule has 12 heavy (non-hydrogen) atoms. The first-order valence-corrected chi connectivity index (χ1v) is 3.78. The van der Waals surface area contributed by atoms with Crippen molar-refractivity contribution >= 4 is 0 Å². The smallest absolute Gasteiger partial charge is 0.116 e. The van der Waals surface area contributed by atoms with Gasteiger partial charge in [-0.15, -0.1) is 0 Å². The van der Waals surface area contributed by atoms with Gasteiger partial charge in [-0.3, -0.25) is 0 Å². The molecule has 2 rings (SSSR count). The van der Waals surface area contributed by atoms with E-state index < -0.39 is 0 Å². The Morgan fingerprint density at radius 2 is 1.58 bits per heavy atom. The van der Waals surface area contributed by atoms with E-state index in [2.05, 4.69) is 9.68 Å². The maximum atomic E-state index is 10.7. The number of ether oxygens (including phenoxy) is 1. The average molecular weight is 170 g/mol. The van der Waals surface area contributed by atoms with Crippen molar-refractivity contribution in [3.63, 3.8) is 0 Å². The Bertz CT molecular complexity index is 160. The minimum absolute atomic E-state index is 0.0509. The van der Waals surface area contributed by atoms with Gasteiger partial charge in [-0.25, -0.2) is 0 Å². The fourth-order valence-corrected chi connectivity index (χ4v) is 0.619. The summed E-state index contributed by atoms with van der Waals surface area (Å²) in [5, 5.41) is 0. The summed E-state index contributed by atoms with van der Waals surface area (Å²) >= 11 is 0. The molecule has 0 bridgehead atoms. The number of hydrogen-bond acceptors (Lipinski definition) is 2. The Hall–Kier alpha value is -0.930. The van der Waals surface area contributed by atoms with Gasteiger partial charge in [-0.2, -0.15) is 4.94 Å². The minimum Gasteiger partial charge on any atom is -0.370 e. The van der Waals surface area contributed by atoms with Gasteiger partial charge < -0.3 is 4.74 Å². The molecule has 0 spiro atoms. The lowest BCUT2D eigenvalue weighted by Crippen LogP contribution is -1.92. The highest BCUT2D eigenvalue weighted by Gasteiger charge is 2.22. The van der Waals surface area contributed by atoms with E-state index >= 15 is 0 Å². The monoisotopic (exact) mass is 170 g/mol. The van der Waals surface area contributed by atoms with Crippen LogP contribution in [0.2, 0.25) is 0 Å². The predicted molar refractivity (Wildman–Crippen MR) is 43.2 cm³/mol. The average Bonchev–Trinajstić information content (AvgIpc) is 2.93. The van der Waals surface area contributed by atoms with Crippen molar-refractivity contribution in [2.75, 3.05) is 13.2 Å². The molecule has 1 fully saturated rings. The zero-order valence-corrected chi connectivity index (χ0v) is 6.65. The second-order valence-electron chi connectivity index (χ2n) is 2.39. The molecule has 66 valence electrons. The van der Waals surface area contributed by atoms with E-state index in [0.29, 0.717) is 6.61 Å². The maximum absolute atomic E-state index is 10.7. The van der Waals surface area contributed by atoms with Crippen LogP contribution < -0.4 is 0 Å². The van der Waals surface area contributed by atoms with E-state index in [-0.39, 0.29) is 12.7 Å². The summed E-state index contributed by atoms with van der Waals surface area (Å²) in [5.74, 6) is 0. The van der Waals surface area contributed by atoms with Crippen LogP contribution in [0.4, 0.5) is 4.53 Å². The fraction of sp³-hybridized carbons (Fsp3) is 0.333. The number of rotatable bonds is 2. The Morgan fingerprint density at radius 3 is 1.75 bits per heavy atom. The summed E-state index contributed by atoms with van der Waals surface area (Å²) in [6.45, 7) is 0.754. The maximum Gasteiger partial charge on any atom is 0.116 e. The molecule has 1 heterocycles. The molecule has 0 saturated carbocycles. The molecule has 1 saturated heterocycles. The van der Waals surface area contributed by atoms with Crippen LogP contribution >= 0.6 is 0 Å².